The smallest absolute Gasteiger partial charge is 0.249 e. The van der Waals surface area contributed by atoms with Crippen LogP contribution in [-0.4, -0.2) is 23.2 Å². The van der Waals surface area contributed by atoms with Crippen LogP contribution in [0.5, 0.6) is 0 Å². The van der Waals surface area contributed by atoms with E-state index < -0.39 is 5.92 Å². The predicted octanol–water partition coefficient (Wildman–Crippen LogP) is 5.00. The quantitative estimate of drug-likeness (QED) is 0.489. The summed E-state index contributed by atoms with van der Waals surface area (Å²) in [4.78, 5) is 26.7. The fourth-order valence-corrected chi connectivity index (χ4v) is 4.32. The van der Waals surface area contributed by atoms with Crippen LogP contribution in [0.4, 0.5) is 5.69 Å². The number of rotatable bonds is 2. The Morgan fingerprint density at radius 1 is 1.11 bits per heavy atom. The van der Waals surface area contributed by atoms with Crippen LogP contribution < -0.4 is 5.32 Å². The molecule has 136 valence electrons. The molecule has 0 aliphatic carbocycles. The number of anilines is 1. The number of amides is 2. The van der Waals surface area contributed by atoms with Gasteiger partial charge in [0.1, 0.15) is 5.92 Å². The van der Waals surface area contributed by atoms with Crippen LogP contribution in [0.1, 0.15) is 17.0 Å². The molecule has 0 fully saturated rings. The minimum absolute atomic E-state index is 0.238. The molecule has 0 bridgehead atoms. The van der Waals surface area contributed by atoms with Crippen molar-refractivity contribution >= 4 is 51.8 Å². The summed E-state index contributed by atoms with van der Waals surface area (Å²) in [6.07, 6.45) is 0. The van der Waals surface area contributed by atoms with Crippen molar-refractivity contribution in [2.75, 3.05) is 12.4 Å². The van der Waals surface area contributed by atoms with Crippen molar-refractivity contribution in [1.29, 1.82) is 0 Å². The van der Waals surface area contributed by atoms with Gasteiger partial charge in [-0.05, 0) is 65.0 Å². The normalized spacial score (nSPS) is 16.3. The van der Waals surface area contributed by atoms with Crippen LogP contribution in [0.15, 0.2) is 59.5 Å². The van der Waals surface area contributed by atoms with Crippen molar-refractivity contribution < 1.29 is 9.59 Å². The van der Waals surface area contributed by atoms with Gasteiger partial charge in [-0.25, -0.2) is 0 Å². The molecule has 2 amide bonds. The summed E-state index contributed by atoms with van der Waals surface area (Å²) in [5.74, 6) is -1.49. The summed E-state index contributed by atoms with van der Waals surface area (Å²) in [6.45, 7) is 1.89. The monoisotopic (exact) mass is 396 g/mol. The highest BCUT2D eigenvalue weighted by Gasteiger charge is 2.37. The zero-order valence-corrected chi connectivity index (χ0v) is 16.4. The third kappa shape index (κ3) is 3.29. The van der Waals surface area contributed by atoms with Crippen LogP contribution in [0, 0.1) is 6.92 Å². The first kappa shape index (κ1) is 17.9. The Kier molecular flexibility index (Phi) is 4.58. The first-order valence-electron chi connectivity index (χ1n) is 8.49. The molecule has 1 heterocycles. The molecule has 0 aromatic heterocycles. The zero-order valence-electron chi connectivity index (χ0n) is 14.8. The van der Waals surface area contributed by atoms with E-state index in [9.17, 15) is 9.59 Å². The number of fused-ring (bicyclic) bond motifs is 2. The van der Waals surface area contributed by atoms with Crippen molar-refractivity contribution in [2.24, 2.45) is 0 Å². The SMILES string of the molecule is Cc1ccc(NC(=O)C2C(=O)N(C)Sc3cc4ccccc4cc32)cc1Cl. The Hall–Kier alpha value is -2.50. The molecule has 1 unspecified atom stereocenters. The van der Waals surface area contributed by atoms with Crippen LogP contribution in [0.2, 0.25) is 5.02 Å². The molecule has 4 nitrogen and oxygen atoms in total. The molecule has 0 saturated carbocycles. The van der Waals surface area contributed by atoms with Crippen LogP contribution in [0.3, 0.4) is 0 Å². The molecule has 1 atom stereocenters. The standard InChI is InChI=1S/C21H17ClN2O2S/c1-12-7-8-15(11-17(12)22)23-20(25)19-16-9-13-5-3-4-6-14(13)10-18(16)27-24(2)21(19)26/h3-11,19H,1-2H3,(H,23,25). The van der Waals surface area contributed by atoms with Gasteiger partial charge >= 0.3 is 0 Å². The second kappa shape index (κ2) is 6.91. The molecule has 1 N–H and O–H groups in total. The van der Waals surface area contributed by atoms with Crippen LogP contribution in [0.25, 0.3) is 10.8 Å². The highest BCUT2D eigenvalue weighted by molar-refractivity contribution is 7.97. The first-order chi connectivity index (χ1) is 12.9. The van der Waals surface area contributed by atoms with E-state index in [0.717, 1.165) is 26.8 Å². The average Bonchev–Trinajstić information content (AvgIpc) is 2.64. The lowest BCUT2D eigenvalue weighted by molar-refractivity contribution is -0.132. The molecule has 0 saturated heterocycles. The Morgan fingerprint density at radius 3 is 2.52 bits per heavy atom. The fraction of sp³-hybridized carbons (Fsp3) is 0.143. The van der Waals surface area contributed by atoms with Gasteiger partial charge in [-0.1, -0.05) is 41.9 Å². The summed E-state index contributed by atoms with van der Waals surface area (Å²) in [5.41, 5.74) is 2.24. The number of carbonyl (C=O) groups excluding carboxylic acids is 2. The number of nitrogens with one attached hydrogen (secondary N) is 1. The molecule has 1 aliphatic heterocycles. The lowest BCUT2D eigenvalue weighted by Gasteiger charge is -2.30. The van der Waals surface area contributed by atoms with Gasteiger partial charge in [0.25, 0.3) is 0 Å². The van der Waals surface area contributed by atoms with Crippen molar-refractivity contribution in [3.8, 4) is 0 Å². The number of halogens is 1. The predicted molar refractivity (Wildman–Crippen MR) is 110 cm³/mol. The van der Waals surface area contributed by atoms with Crippen LogP contribution >= 0.6 is 23.5 Å². The molecular weight excluding hydrogens is 380 g/mol. The van der Waals surface area contributed by atoms with Crippen molar-refractivity contribution in [3.05, 3.63) is 70.7 Å². The second-order valence-electron chi connectivity index (χ2n) is 6.55. The first-order valence-corrected chi connectivity index (χ1v) is 9.64. The molecule has 1 aliphatic rings. The van der Waals surface area contributed by atoms with Gasteiger partial charge in [0.15, 0.2) is 0 Å². The zero-order chi connectivity index (χ0) is 19.1. The Bertz CT molecular complexity index is 1080. The van der Waals surface area contributed by atoms with Crippen molar-refractivity contribution in [2.45, 2.75) is 17.7 Å². The molecule has 27 heavy (non-hydrogen) atoms. The number of likely N-dealkylation sites (N-methyl/N-ethyl adjacent to an activating group) is 1. The minimum Gasteiger partial charge on any atom is -0.325 e. The average molecular weight is 397 g/mol. The van der Waals surface area contributed by atoms with Gasteiger partial charge in [0.2, 0.25) is 11.8 Å². The lowest BCUT2D eigenvalue weighted by atomic mass is 9.94. The van der Waals surface area contributed by atoms with Gasteiger partial charge in [0.05, 0.1) is 0 Å². The number of carbonyl (C=O) groups is 2. The second-order valence-corrected chi connectivity index (χ2v) is 8.13. The van der Waals surface area contributed by atoms with E-state index in [2.05, 4.69) is 5.32 Å². The van der Waals surface area contributed by atoms with Crippen molar-refractivity contribution in [1.82, 2.24) is 4.31 Å². The highest BCUT2D eigenvalue weighted by Crippen LogP contribution is 2.40. The number of hydrogen-bond acceptors (Lipinski definition) is 3. The lowest BCUT2D eigenvalue weighted by Crippen LogP contribution is -2.37. The van der Waals surface area contributed by atoms with Gasteiger partial charge in [-0.3, -0.25) is 13.9 Å². The van der Waals surface area contributed by atoms with Crippen LogP contribution in [-0.2, 0) is 9.59 Å². The summed E-state index contributed by atoms with van der Waals surface area (Å²) in [7, 11) is 1.69. The van der Waals surface area contributed by atoms with E-state index in [1.165, 1.54) is 16.3 Å². The van der Waals surface area contributed by atoms with Gasteiger partial charge < -0.3 is 5.32 Å². The minimum atomic E-state index is -0.893. The summed E-state index contributed by atoms with van der Waals surface area (Å²) in [6, 6.07) is 17.2. The summed E-state index contributed by atoms with van der Waals surface area (Å²) >= 11 is 7.50. The summed E-state index contributed by atoms with van der Waals surface area (Å²) in [5, 5.41) is 5.50. The Labute approximate surface area is 166 Å². The molecule has 0 spiro atoms. The third-order valence-corrected chi connectivity index (χ3v) is 6.09. The topological polar surface area (TPSA) is 49.4 Å². The number of aryl methyl sites for hydroxylation is 1. The number of nitrogens with zero attached hydrogens (tertiary/aromatic N) is 1. The number of hydrogen-bond donors (Lipinski definition) is 1. The maximum absolute atomic E-state index is 13.0. The van der Waals surface area contributed by atoms with E-state index in [0.29, 0.717) is 10.7 Å². The Balaban J connectivity index is 1.74. The van der Waals surface area contributed by atoms with E-state index in [4.69, 9.17) is 11.6 Å². The van der Waals surface area contributed by atoms with E-state index in [-0.39, 0.29) is 11.8 Å². The maximum Gasteiger partial charge on any atom is 0.249 e. The van der Waals surface area contributed by atoms with E-state index in [1.807, 2.05) is 49.4 Å². The van der Waals surface area contributed by atoms with Gasteiger partial charge in [0, 0.05) is 22.7 Å². The highest BCUT2D eigenvalue weighted by atomic mass is 35.5. The molecule has 3 aromatic rings. The van der Waals surface area contributed by atoms with E-state index >= 15 is 0 Å². The largest absolute Gasteiger partial charge is 0.325 e. The fourth-order valence-electron chi connectivity index (χ4n) is 3.19. The molecule has 0 radical (unpaired) electrons. The molecule has 4 rings (SSSR count). The third-order valence-electron chi connectivity index (χ3n) is 4.68. The van der Waals surface area contributed by atoms with Gasteiger partial charge in [-0.2, -0.15) is 0 Å². The molecular formula is C21H17ClN2O2S. The van der Waals surface area contributed by atoms with Gasteiger partial charge in [-0.15, -0.1) is 0 Å². The summed E-state index contributed by atoms with van der Waals surface area (Å²) < 4.78 is 1.52. The molecule has 3 aromatic carbocycles. The Morgan fingerprint density at radius 2 is 1.81 bits per heavy atom. The maximum atomic E-state index is 13.0. The van der Waals surface area contributed by atoms with E-state index in [1.54, 1.807) is 19.2 Å². The van der Waals surface area contributed by atoms with Crippen molar-refractivity contribution in [3.63, 3.8) is 0 Å². The number of benzene rings is 3. The molecule has 6 heteroatoms.